The molecule has 1 N–H and O–H groups in total. The van der Waals surface area contributed by atoms with E-state index < -0.39 is 12.1 Å². The van der Waals surface area contributed by atoms with Gasteiger partial charge < -0.3 is 24.2 Å². The van der Waals surface area contributed by atoms with Gasteiger partial charge in [0, 0.05) is 19.6 Å². The van der Waals surface area contributed by atoms with Crippen LogP contribution in [0.5, 0.6) is 5.75 Å². The number of hydrogen-bond acceptors (Lipinski definition) is 5. The Bertz CT molecular complexity index is 672. The Morgan fingerprint density at radius 1 is 1.06 bits per heavy atom. The maximum atomic E-state index is 12.3. The summed E-state index contributed by atoms with van der Waals surface area (Å²) in [4.78, 5) is 25.3. The minimum atomic E-state index is -0.963. The van der Waals surface area contributed by atoms with Crippen LogP contribution in [0.2, 0.25) is 0 Å². The van der Waals surface area contributed by atoms with Crippen LogP contribution in [0, 0.1) is 5.92 Å². The van der Waals surface area contributed by atoms with Crippen LogP contribution in [-0.2, 0) is 20.7 Å². The van der Waals surface area contributed by atoms with Gasteiger partial charge in [0.1, 0.15) is 12.4 Å². The summed E-state index contributed by atoms with van der Waals surface area (Å²) in [6.45, 7) is 5.84. The summed E-state index contributed by atoms with van der Waals surface area (Å²) in [6, 6.07) is 7.32. The molecule has 2 rings (SSSR count). The average molecular weight is 450 g/mol. The molecule has 7 heteroatoms. The third kappa shape index (κ3) is 9.47. The van der Waals surface area contributed by atoms with E-state index in [-0.39, 0.29) is 6.09 Å². The van der Waals surface area contributed by atoms with Crippen molar-refractivity contribution in [1.82, 2.24) is 4.90 Å². The number of benzene rings is 1. The zero-order chi connectivity index (χ0) is 23.2. The number of aliphatic carboxylic acids is 1. The summed E-state index contributed by atoms with van der Waals surface area (Å²) >= 11 is 0. The molecule has 1 aliphatic carbocycles. The number of nitrogens with zero attached hydrogens (tertiary/aromatic N) is 1. The van der Waals surface area contributed by atoms with E-state index in [2.05, 4.69) is 0 Å². The minimum Gasteiger partial charge on any atom is -0.492 e. The molecule has 1 saturated carbocycles. The second-order valence-electron chi connectivity index (χ2n) is 8.31. The first kappa shape index (κ1) is 26.0. The number of hydrogen-bond donors (Lipinski definition) is 1. The van der Waals surface area contributed by atoms with Gasteiger partial charge in [0.2, 0.25) is 0 Å². The molecular weight excluding hydrogens is 410 g/mol. The summed E-state index contributed by atoms with van der Waals surface area (Å²) in [5, 5.41) is 9.21. The van der Waals surface area contributed by atoms with E-state index >= 15 is 0 Å². The van der Waals surface area contributed by atoms with Gasteiger partial charge in [-0.1, -0.05) is 44.2 Å². The maximum Gasteiger partial charge on any atom is 0.409 e. The molecular formula is C25H39NO6. The van der Waals surface area contributed by atoms with Crippen molar-refractivity contribution in [3.63, 3.8) is 0 Å². The first-order chi connectivity index (χ1) is 15.5. The van der Waals surface area contributed by atoms with E-state index in [9.17, 15) is 14.7 Å². The lowest BCUT2D eigenvalue weighted by atomic mass is 9.86. The standard InChI is InChI=1S/C25H39NO6/c1-3-30-23(24(27)28)19-21-12-14-22(15-13-21)32-18-17-26(25(29)31-4-2)16-8-11-20-9-6-5-7-10-20/h12-15,20,23H,3-11,16-19H2,1-2H3,(H,27,28). The molecule has 1 fully saturated rings. The average Bonchev–Trinajstić information content (AvgIpc) is 2.79. The molecule has 180 valence electrons. The van der Waals surface area contributed by atoms with Crippen LogP contribution in [-0.4, -0.2) is 61.1 Å². The summed E-state index contributed by atoms with van der Waals surface area (Å²) < 4.78 is 16.3. The number of amides is 1. The van der Waals surface area contributed by atoms with Crippen molar-refractivity contribution < 1.29 is 28.9 Å². The Kier molecular flexibility index (Phi) is 11.9. The fraction of sp³-hybridized carbons (Fsp3) is 0.680. The zero-order valence-electron chi connectivity index (χ0n) is 19.6. The molecule has 0 radical (unpaired) electrons. The topological polar surface area (TPSA) is 85.3 Å². The molecule has 1 aromatic rings. The molecule has 0 aliphatic heterocycles. The predicted octanol–water partition coefficient (Wildman–Crippen LogP) is 4.92. The molecule has 0 heterocycles. The highest BCUT2D eigenvalue weighted by atomic mass is 16.6. The summed E-state index contributed by atoms with van der Waals surface area (Å²) in [6.07, 6.45) is 7.98. The number of ether oxygens (including phenoxy) is 3. The lowest BCUT2D eigenvalue weighted by Gasteiger charge is -2.25. The SMILES string of the molecule is CCOC(=O)N(CCCC1CCCCC1)CCOc1ccc(CC(OCC)C(=O)O)cc1. The quantitative estimate of drug-likeness (QED) is 0.434. The van der Waals surface area contributed by atoms with Gasteiger partial charge in [-0.2, -0.15) is 0 Å². The van der Waals surface area contributed by atoms with Gasteiger partial charge in [0.25, 0.3) is 0 Å². The van der Waals surface area contributed by atoms with E-state index in [1.54, 1.807) is 11.8 Å². The second kappa shape index (κ2) is 14.7. The highest BCUT2D eigenvalue weighted by Gasteiger charge is 2.19. The molecule has 1 amide bonds. The molecule has 0 saturated heterocycles. The van der Waals surface area contributed by atoms with Crippen molar-refractivity contribution in [2.75, 3.05) is 32.9 Å². The van der Waals surface area contributed by atoms with Gasteiger partial charge in [0.15, 0.2) is 6.10 Å². The normalized spacial score (nSPS) is 15.2. The van der Waals surface area contributed by atoms with Gasteiger partial charge in [-0.3, -0.25) is 0 Å². The number of carbonyl (C=O) groups excluding carboxylic acids is 1. The van der Waals surface area contributed by atoms with Crippen LogP contribution < -0.4 is 4.74 Å². The molecule has 32 heavy (non-hydrogen) atoms. The summed E-state index contributed by atoms with van der Waals surface area (Å²) in [7, 11) is 0. The maximum absolute atomic E-state index is 12.3. The van der Waals surface area contributed by atoms with Crippen LogP contribution >= 0.6 is 0 Å². The Morgan fingerprint density at radius 2 is 1.78 bits per heavy atom. The van der Waals surface area contributed by atoms with Crippen LogP contribution in [0.25, 0.3) is 0 Å². The Labute approximate surface area is 192 Å². The van der Waals surface area contributed by atoms with E-state index in [4.69, 9.17) is 14.2 Å². The lowest BCUT2D eigenvalue weighted by molar-refractivity contribution is -0.149. The minimum absolute atomic E-state index is 0.286. The molecule has 7 nitrogen and oxygen atoms in total. The van der Waals surface area contributed by atoms with Gasteiger partial charge in [-0.05, 0) is 50.3 Å². The molecule has 0 spiro atoms. The third-order valence-corrected chi connectivity index (χ3v) is 5.91. The Balaban J connectivity index is 1.78. The van der Waals surface area contributed by atoms with E-state index in [1.165, 1.54) is 32.1 Å². The van der Waals surface area contributed by atoms with E-state index in [1.807, 2.05) is 31.2 Å². The summed E-state index contributed by atoms with van der Waals surface area (Å²) in [5.74, 6) is 0.517. The molecule has 1 atom stereocenters. The number of carboxylic acid groups (broad SMARTS) is 1. The predicted molar refractivity (Wildman–Crippen MR) is 123 cm³/mol. The van der Waals surface area contributed by atoms with Gasteiger partial charge in [-0.25, -0.2) is 9.59 Å². The highest BCUT2D eigenvalue weighted by Crippen LogP contribution is 2.27. The zero-order valence-corrected chi connectivity index (χ0v) is 19.6. The van der Waals surface area contributed by atoms with Crippen molar-refractivity contribution >= 4 is 12.1 Å². The van der Waals surface area contributed by atoms with Crippen molar-refractivity contribution in [2.45, 2.75) is 71.3 Å². The van der Waals surface area contributed by atoms with Crippen molar-refractivity contribution in [3.8, 4) is 5.75 Å². The van der Waals surface area contributed by atoms with Crippen LogP contribution in [0.1, 0.15) is 64.4 Å². The van der Waals surface area contributed by atoms with E-state index in [0.717, 1.165) is 24.3 Å². The summed E-state index contributed by atoms with van der Waals surface area (Å²) in [5.41, 5.74) is 0.870. The number of carbonyl (C=O) groups is 2. The highest BCUT2D eigenvalue weighted by molar-refractivity contribution is 5.72. The molecule has 1 aliphatic rings. The largest absolute Gasteiger partial charge is 0.492 e. The van der Waals surface area contributed by atoms with Crippen molar-refractivity contribution in [2.24, 2.45) is 5.92 Å². The van der Waals surface area contributed by atoms with Crippen LogP contribution in [0.15, 0.2) is 24.3 Å². The molecule has 1 unspecified atom stereocenters. The lowest BCUT2D eigenvalue weighted by Crippen LogP contribution is -2.36. The van der Waals surface area contributed by atoms with Gasteiger partial charge in [0.05, 0.1) is 13.2 Å². The molecule has 1 aromatic carbocycles. The van der Waals surface area contributed by atoms with Gasteiger partial charge in [-0.15, -0.1) is 0 Å². The first-order valence-electron chi connectivity index (χ1n) is 12.0. The number of rotatable bonds is 14. The van der Waals surface area contributed by atoms with Crippen LogP contribution in [0.3, 0.4) is 0 Å². The van der Waals surface area contributed by atoms with Crippen molar-refractivity contribution in [3.05, 3.63) is 29.8 Å². The smallest absolute Gasteiger partial charge is 0.409 e. The molecule has 0 aromatic heterocycles. The first-order valence-corrected chi connectivity index (χ1v) is 12.0. The van der Waals surface area contributed by atoms with Crippen molar-refractivity contribution in [1.29, 1.82) is 0 Å². The fourth-order valence-corrected chi connectivity index (χ4v) is 4.18. The third-order valence-electron chi connectivity index (χ3n) is 5.91. The Morgan fingerprint density at radius 3 is 2.41 bits per heavy atom. The Hall–Kier alpha value is -2.28. The molecule has 0 bridgehead atoms. The second-order valence-corrected chi connectivity index (χ2v) is 8.31. The van der Waals surface area contributed by atoms with Crippen LogP contribution in [0.4, 0.5) is 4.79 Å². The fourth-order valence-electron chi connectivity index (χ4n) is 4.18. The monoisotopic (exact) mass is 449 g/mol. The van der Waals surface area contributed by atoms with E-state index in [0.29, 0.717) is 45.1 Å². The number of carboxylic acids is 1. The van der Waals surface area contributed by atoms with Gasteiger partial charge >= 0.3 is 12.1 Å².